The standard InChI is InChI=1S/C12H21N3S2/c1-12(2)7-5-9(6-8-12)16-11-14-13-10(17-11)15(3)4/h9H,5-8H2,1-4H3. The SMILES string of the molecule is CN(C)c1nnc(SC2CCC(C)(C)CC2)s1. The van der Waals surface area contributed by atoms with E-state index in [1.54, 1.807) is 11.3 Å². The molecule has 0 amide bonds. The van der Waals surface area contributed by atoms with Crippen molar-refractivity contribution in [3.63, 3.8) is 0 Å². The highest BCUT2D eigenvalue weighted by atomic mass is 32.2. The van der Waals surface area contributed by atoms with Crippen molar-refractivity contribution in [2.45, 2.75) is 49.1 Å². The van der Waals surface area contributed by atoms with Crippen LogP contribution in [0, 0.1) is 5.41 Å². The Morgan fingerprint density at radius 3 is 2.41 bits per heavy atom. The van der Waals surface area contributed by atoms with Gasteiger partial charge in [0.05, 0.1) is 0 Å². The Morgan fingerprint density at radius 2 is 1.88 bits per heavy atom. The molecule has 0 spiro atoms. The van der Waals surface area contributed by atoms with Crippen molar-refractivity contribution in [1.82, 2.24) is 10.2 Å². The molecule has 0 saturated heterocycles. The molecule has 1 aromatic rings. The van der Waals surface area contributed by atoms with Gasteiger partial charge >= 0.3 is 0 Å². The lowest BCUT2D eigenvalue weighted by atomic mass is 9.77. The number of aromatic nitrogens is 2. The zero-order chi connectivity index (χ0) is 12.5. The van der Waals surface area contributed by atoms with E-state index in [0.29, 0.717) is 5.41 Å². The minimum Gasteiger partial charge on any atom is -0.353 e. The third kappa shape index (κ3) is 3.58. The van der Waals surface area contributed by atoms with Gasteiger partial charge in [0.2, 0.25) is 5.13 Å². The first-order chi connectivity index (χ1) is 7.96. The normalized spacial score (nSPS) is 20.5. The number of anilines is 1. The van der Waals surface area contributed by atoms with Crippen LogP contribution in [0.25, 0.3) is 0 Å². The van der Waals surface area contributed by atoms with Gasteiger partial charge in [-0.2, -0.15) is 0 Å². The van der Waals surface area contributed by atoms with Crippen molar-refractivity contribution in [2.75, 3.05) is 19.0 Å². The largest absolute Gasteiger partial charge is 0.353 e. The van der Waals surface area contributed by atoms with Crippen LogP contribution in [-0.4, -0.2) is 29.5 Å². The Hall–Kier alpha value is -0.290. The third-order valence-electron chi connectivity index (χ3n) is 3.33. The summed E-state index contributed by atoms with van der Waals surface area (Å²) < 4.78 is 1.12. The number of hydrogen-bond donors (Lipinski definition) is 0. The van der Waals surface area contributed by atoms with Crippen molar-refractivity contribution in [2.24, 2.45) is 5.41 Å². The summed E-state index contributed by atoms with van der Waals surface area (Å²) in [5.41, 5.74) is 0.549. The van der Waals surface area contributed by atoms with Gasteiger partial charge in [0, 0.05) is 19.3 Å². The van der Waals surface area contributed by atoms with Crippen LogP contribution in [0.15, 0.2) is 4.34 Å². The lowest BCUT2D eigenvalue weighted by Crippen LogP contribution is -2.22. The molecule has 1 heterocycles. The van der Waals surface area contributed by atoms with Crippen molar-refractivity contribution < 1.29 is 0 Å². The zero-order valence-corrected chi connectivity index (χ0v) is 12.7. The maximum atomic E-state index is 4.26. The highest BCUT2D eigenvalue weighted by Crippen LogP contribution is 2.42. The quantitative estimate of drug-likeness (QED) is 0.839. The fraction of sp³-hybridized carbons (Fsp3) is 0.833. The van der Waals surface area contributed by atoms with E-state index in [4.69, 9.17) is 0 Å². The number of thioether (sulfide) groups is 1. The molecule has 0 aromatic carbocycles. The van der Waals surface area contributed by atoms with E-state index in [1.165, 1.54) is 25.7 Å². The first-order valence-electron chi connectivity index (χ1n) is 6.14. The van der Waals surface area contributed by atoms with Gasteiger partial charge in [-0.3, -0.25) is 0 Å². The average molecular weight is 271 g/mol. The van der Waals surface area contributed by atoms with Gasteiger partial charge in [-0.15, -0.1) is 10.2 Å². The molecule has 2 rings (SSSR count). The monoisotopic (exact) mass is 271 g/mol. The molecule has 0 N–H and O–H groups in total. The molecule has 5 heteroatoms. The minimum atomic E-state index is 0.549. The summed E-state index contributed by atoms with van der Waals surface area (Å²) in [6, 6.07) is 0. The Bertz CT molecular complexity index is 364. The molecular weight excluding hydrogens is 250 g/mol. The van der Waals surface area contributed by atoms with Crippen LogP contribution in [0.5, 0.6) is 0 Å². The maximum Gasteiger partial charge on any atom is 0.208 e. The molecule has 1 saturated carbocycles. The van der Waals surface area contributed by atoms with Crippen LogP contribution >= 0.6 is 23.1 Å². The molecule has 1 aliphatic rings. The number of nitrogens with zero attached hydrogens (tertiary/aromatic N) is 3. The van der Waals surface area contributed by atoms with Crippen LogP contribution in [0.1, 0.15) is 39.5 Å². The molecule has 1 aliphatic carbocycles. The van der Waals surface area contributed by atoms with E-state index in [0.717, 1.165) is 14.7 Å². The average Bonchev–Trinajstić information content (AvgIpc) is 2.70. The second kappa shape index (κ2) is 5.14. The van der Waals surface area contributed by atoms with Gasteiger partial charge < -0.3 is 4.90 Å². The molecule has 0 unspecified atom stereocenters. The van der Waals surface area contributed by atoms with Crippen LogP contribution in [-0.2, 0) is 0 Å². The van der Waals surface area contributed by atoms with E-state index < -0.39 is 0 Å². The van der Waals surface area contributed by atoms with Crippen LogP contribution in [0.2, 0.25) is 0 Å². The number of hydrogen-bond acceptors (Lipinski definition) is 5. The summed E-state index contributed by atoms with van der Waals surface area (Å²) in [5.74, 6) is 0. The predicted molar refractivity (Wildman–Crippen MR) is 76.1 cm³/mol. The van der Waals surface area contributed by atoms with Crippen molar-refractivity contribution in [3.8, 4) is 0 Å². The second-order valence-electron chi connectivity index (χ2n) is 5.73. The Balaban J connectivity index is 1.89. The Morgan fingerprint density at radius 1 is 1.24 bits per heavy atom. The molecule has 0 bridgehead atoms. The van der Waals surface area contributed by atoms with Gasteiger partial charge in [0.25, 0.3) is 0 Å². The molecule has 1 aromatic heterocycles. The van der Waals surface area contributed by atoms with E-state index in [1.807, 2.05) is 30.8 Å². The first kappa shape index (κ1) is 13.1. The highest BCUT2D eigenvalue weighted by Gasteiger charge is 2.28. The fourth-order valence-corrected chi connectivity index (χ4v) is 4.23. The predicted octanol–water partition coefficient (Wildman–Crippen LogP) is 3.67. The van der Waals surface area contributed by atoms with Gasteiger partial charge in [-0.25, -0.2) is 0 Å². The Labute approximate surface area is 112 Å². The molecule has 3 nitrogen and oxygen atoms in total. The minimum absolute atomic E-state index is 0.549. The molecule has 0 radical (unpaired) electrons. The first-order valence-corrected chi connectivity index (χ1v) is 7.83. The topological polar surface area (TPSA) is 29.0 Å². The van der Waals surface area contributed by atoms with Gasteiger partial charge in [0.1, 0.15) is 0 Å². The van der Waals surface area contributed by atoms with E-state index >= 15 is 0 Å². The summed E-state index contributed by atoms with van der Waals surface area (Å²) in [6.45, 7) is 4.76. The lowest BCUT2D eigenvalue weighted by molar-refractivity contribution is 0.249. The molecule has 0 atom stereocenters. The fourth-order valence-electron chi connectivity index (χ4n) is 2.06. The smallest absolute Gasteiger partial charge is 0.208 e. The van der Waals surface area contributed by atoms with Gasteiger partial charge in [0.15, 0.2) is 4.34 Å². The summed E-state index contributed by atoms with van der Waals surface area (Å²) in [6.07, 6.45) is 5.30. The summed E-state index contributed by atoms with van der Waals surface area (Å²) >= 11 is 3.62. The second-order valence-corrected chi connectivity index (χ2v) is 8.23. The Kier molecular flexibility index (Phi) is 3.98. The molecule has 96 valence electrons. The van der Waals surface area contributed by atoms with Crippen molar-refractivity contribution in [3.05, 3.63) is 0 Å². The van der Waals surface area contributed by atoms with E-state index in [9.17, 15) is 0 Å². The molecule has 0 aliphatic heterocycles. The molecule has 1 fully saturated rings. The van der Waals surface area contributed by atoms with Gasteiger partial charge in [-0.05, 0) is 31.1 Å². The highest BCUT2D eigenvalue weighted by molar-refractivity contribution is 8.01. The number of rotatable bonds is 3. The van der Waals surface area contributed by atoms with Crippen molar-refractivity contribution >= 4 is 28.2 Å². The van der Waals surface area contributed by atoms with Crippen LogP contribution < -0.4 is 4.90 Å². The summed E-state index contributed by atoms with van der Waals surface area (Å²) in [4.78, 5) is 2.02. The van der Waals surface area contributed by atoms with Crippen molar-refractivity contribution in [1.29, 1.82) is 0 Å². The van der Waals surface area contributed by atoms with Crippen LogP contribution in [0.4, 0.5) is 5.13 Å². The third-order valence-corrected chi connectivity index (χ3v) is 5.84. The van der Waals surface area contributed by atoms with E-state index in [-0.39, 0.29) is 0 Å². The van der Waals surface area contributed by atoms with E-state index in [2.05, 4.69) is 24.0 Å². The summed E-state index contributed by atoms with van der Waals surface area (Å²) in [7, 11) is 4.02. The molecular formula is C12H21N3S2. The van der Waals surface area contributed by atoms with Gasteiger partial charge in [-0.1, -0.05) is 36.9 Å². The zero-order valence-electron chi connectivity index (χ0n) is 11.1. The van der Waals surface area contributed by atoms with Crippen LogP contribution in [0.3, 0.4) is 0 Å². The maximum absolute atomic E-state index is 4.26. The molecule has 17 heavy (non-hydrogen) atoms. The lowest BCUT2D eigenvalue weighted by Gasteiger charge is -2.33. The summed E-state index contributed by atoms with van der Waals surface area (Å²) in [5, 5.41) is 10.2.